The first-order valence-electron chi connectivity index (χ1n) is 8.45. The predicted octanol–water partition coefficient (Wildman–Crippen LogP) is 4.85. The topological polar surface area (TPSA) is 29.3 Å². The van der Waals surface area contributed by atoms with E-state index in [9.17, 15) is 0 Å². The van der Waals surface area contributed by atoms with Crippen LogP contribution in [0.5, 0.6) is 0 Å². The van der Waals surface area contributed by atoms with Gasteiger partial charge in [0, 0.05) is 11.7 Å². The van der Waals surface area contributed by atoms with Gasteiger partial charge in [0.15, 0.2) is 0 Å². The van der Waals surface area contributed by atoms with E-state index in [1.807, 2.05) is 6.07 Å². The molecule has 0 spiro atoms. The molecule has 1 aliphatic carbocycles. The highest BCUT2D eigenvalue weighted by atomic mass is 32.1. The lowest BCUT2D eigenvalue weighted by molar-refractivity contribution is 0.407. The van der Waals surface area contributed by atoms with Crippen LogP contribution in [0.25, 0.3) is 0 Å². The summed E-state index contributed by atoms with van der Waals surface area (Å²) in [5.41, 5.74) is 8.59. The molecule has 0 aromatic heterocycles. The van der Waals surface area contributed by atoms with E-state index >= 15 is 0 Å². The fraction of sp³-hybridized carbons (Fsp3) is 0.350. The van der Waals surface area contributed by atoms with Crippen LogP contribution in [0.15, 0.2) is 60.7 Å². The van der Waals surface area contributed by atoms with E-state index in [2.05, 4.69) is 59.5 Å². The van der Waals surface area contributed by atoms with Gasteiger partial charge in [0.2, 0.25) is 0 Å². The Hall–Kier alpha value is -1.87. The Morgan fingerprint density at radius 3 is 2.04 bits per heavy atom. The van der Waals surface area contributed by atoms with Crippen LogP contribution in [0.2, 0.25) is 0 Å². The summed E-state index contributed by atoms with van der Waals surface area (Å²) < 4.78 is 0. The molecule has 0 bridgehead atoms. The van der Waals surface area contributed by atoms with Crippen molar-refractivity contribution in [2.45, 2.75) is 44.2 Å². The quantitative estimate of drug-likeness (QED) is 0.797. The second-order valence-electron chi connectivity index (χ2n) is 6.25. The Kier molecular flexibility index (Phi) is 5.29. The zero-order valence-corrected chi connectivity index (χ0v) is 14.2. The molecule has 2 aromatic rings. The van der Waals surface area contributed by atoms with Crippen molar-refractivity contribution in [1.29, 1.82) is 0 Å². The fourth-order valence-electron chi connectivity index (χ4n) is 3.63. The number of anilines is 1. The van der Waals surface area contributed by atoms with E-state index in [0.717, 1.165) is 0 Å². The van der Waals surface area contributed by atoms with Crippen LogP contribution in [-0.4, -0.2) is 11.0 Å². The number of hydrogen-bond donors (Lipinski definition) is 1. The van der Waals surface area contributed by atoms with Gasteiger partial charge in [0.1, 0.15) is 11.0 Å². The summed E-state index contributed by atoms with van der Waals surface area (Å²) in [5, 5.41) is 0. The third-order valence-corrected chi connectivity index (χ3v) is 4.91. The number of benzene rings is 2. The summed E-state index contributed by atoms with van der Waals surface area (Å²) in [4.78, 5) is 3.00. The molecule has 1 fully saturated rings. The molecule has 0 radical (unpaired) electrons. The lowest BCUT2D eigenvalue weighted by Gasteiger charge is -2.41. The van der Waals surface area contributed by atoms with Crippen molar-refractivity contribution in [1.82, 2.24) is 0 Å². The molecule has 3 rings (SSSR count). The van der Waals surface area contributed by atoms with Crippen molar-refractivity contribution in [3.63, 3.8) is 0 Å². The van der Waals surface area contributed by atoms with Crippen LogP contribution in [-0.2, 0) is 0 Å². The van der Waals surface area contributed by atoms with E-state index in [4.69, 9.17) is 18.0 Å². The van der Waals surface area contributed by atoms with Gasteiger partial charge in [-0.05, 0) is 30.5 Å². The molecule has 1 saturated carbocycles. The highest BCUT2D eigenvalue weighted by Crippen LogP contribution is 2.35. The molecule has 3 heteroatoms. The standard InChI is InChI=1S/C20H24N2S/c21-20(23)19(16-10-4-1-5-11-16)22(17-12-6-2-7-13-17)18-14-8-3-9-15-18/h1-2,4-7,10-13,18-19H,3,8-9,14-15H2,(H2,21,23). The first-order valence-corrected chi connectivity index (χ1v) is 8.86. The number of nitrogens with two attached hydrogens (primary N) is 1. The Bertz CT molecular complexity index is 621. The van der Waals surface area contributed by atoms with Gasteiger partial charge in [0.25, 0.3) is 0 Å². The first-order chi connectivity index (χ1) is 11.3. The molecule has 23 heavy (non-hydrogen) atoms. The van der Waals surface area contributed by atoms with Crippen molar-refractivity contribution in [3.05, 3.63) is 66.2 Å². The SMILES string of the molecule is NC(=S)C(c1ccccc1)N(c1ccccc1)C1CCCCC1. The molecule has 120 valence electrons. The fourth-order valence-corrected chi connectivity index (χ4v) is 3.88. The van der Waals surface area contributed by atoms with Crippen LogP contribution in [0.3, 0.4) is 0 Å². The van der Waals surface area contributed by atoms with E-state index in [1.54, 1.807) is 0 Å². The van der Waals surface area contributed by atoms with Crippen LogP contribution in [0.1, 0.15) is 43.7 Å². The molecule has 0 amide bonds. The third-order valence-electron chi connectivity index (χ3n) is 4.69. The molecule has 2 aromatic carbocycles. The highest BCUT2D eigenvalue weighted by Gasteiger charge is 2.30. The van der Waals surface area contributed by atoms with Gasteiger partial charge >= 0.3 is 0 Å². The maximum atomic E-state index is 6.20. The monoisotopic (exact) mass is 324 g/mol. The Morgan fingerprint density at radius 1 is 0.913 bits per heavy atom. The van der Waals surface area contributed by atoms with Crippen LogP contribution in [0, 0.1) is 0 Å². The van der Waals surface area contributed by atoms with Crippen LogP contribution in [0.4, 0.5) is 5.69 Å². The summed E-state index contributed by atoms with van der Waals surface area (Å²) in [6.45, 7) is 0. The van der Waals surface area contributed by atoms with Gasteiger partial charge in [0.05, 0.1) is 0 Å². The molecule has 1 aliphatic rings. The minimum Gasteiger partial charge on any atom is -0.391 e. The summed E-state index contributed by atoms with van der Waals surface area (Å²) in [7, 11) is 0. The van der Waals surface area contributed by atoms with Gasteiger partial charge in [-0.3, -0.25) is 0 Å². The van der Waals surface area contributed by atoms with E-state index in [-0.39, 0.29) is 6.04 Å². The molecule has 1 unspecified atom stereocenters. The van der Waals surface area contributed by atoms with Gasteiger partial charge in [-0.1, -0.05) is 80.0 Å². The lowest BCUT2D eigenvalue weighted by Crippen LogP contribution is -2.44. The molecule has 0 aliphatic heterocycles. The average Bonchev–Trinajstić information content (AvgIpc) is 2.61. The average molecular weight is 324 g/mol. The van der Waals surface area contributed by atoms with Crippen molar-refractivity contribution in [2.75, 3.05) is 4.90 Å². The zero-order valence-electron chi connectivity index (χ0n) is 13.4. The molecule has 2 nitrogen and oxygen atoms in total. The second kappa shape index (κ2) is 7.60. The Morgan fingerprint density at radius 2 is 1.48 bits per heavy atom. The first kappa shape index (κ1) is 16.0. The largest absolute Gasteiger partial charge is 0.391 e. The highest BCUT2D eigenvalue weighted by molar-refractivity contribution is 7.80. The predicted molar refractivity (Wildman–Crippen MR) is 102 cm³/mol. The van der Waals surface area contributed by atoms with E-state index in [0.29, 0.717) is 11.0 Å². The lowest BCUT2D eigenvalue weighted by atomic mass is 9.91. The smallest absolute Gasteiger partial charge is 0.105 e. The molecular formula is C20H24N2S. The maximum Gasteiger partial charge on any atom is 0.105 e. The number of nitrogens with zero attached hydrogens (tertiary/aromatic N) is 1. The Balaban J connectivity index is 2.03. The van der Waals surface area contributed by atoms with Crippen molar-refractivity contribution < 1.29 is 0 Å². The summed E-state index contributed by atoms with van der Waals surface area (Å²) in [6, 6.07) is 21.4. The molecule has 1 atom stereocenters. The van der Waals surface area contributed by atoms with E-state index < -0.39 is 0 Å². The van der Waals surface area contributed by atoms with E-state index in [1.165, 1.54) is 43.4 Å². The molecule has 2 N–H and O–H groups in total. The minimum absolute atomic E-state index is 0.0447. The number of rotatable bonds is 5. The number of para-hydroxylation sites is 1. The molecule has 0 heterocycles. The maximum absolute atomic E-state index is 6.20. The summed E-state index contributed by atoms with van der Waals surface area (Å²) >= 11 is 5.48. The van der Waals surface area contributed by atoms with Gasteiger partial charge in [-0.15, -0.1) is 0 Å². The van der Waals surface area contributed by atoms with Crippen molar-refractivity contribution in [2.24, 2.45) is 5.73 Å². The van der Waals surface area contributed by atoms with Crippen LogP contribution < -0.4 is 10.6 Å². The summed E-state index contributed by atoms with van der Waals surface area (Å²) in [5.74, 6) is 0. The second-order valence-corrected chi connectivity index (χ2v) is 6.72. The number of hydrogen-bond acceptors (Lipinski definition) is 2. The number of thiocarbonyl (C=S) groups is 1. The third kappa shape index (κ3) is 3.73. The van der Waals surface area contributed by atoms with Gasteiger partial charge < -0.3 is 10.6 Å². The zero-order chi connectivity index (χ0) is 16.1. The van der Waals surface area contributed by atoms with Crippen molar-refractivity contribution in [3.8, 4) is 0 Å². The molecular weight excluding hydrogens is 300 g/mol. The minimum atomic E-state index is -0.0447. The van der Waals surface area contributed by atoms with Gasteiger partial charge in [-0.25, -0.2) is 0 Å². The van der Waals surface area contributed by atoms with Gasteiger partial charge in [-0.2, -0.15) is 0 Å². The van der Waals surface area contributed by atoms with Crippen LogP contribution >= 0.6 is 12.2 Å². The Labute approximate surface area is 144 Å². The summed E-state index contributed by atoms with van der Waals surface area (Å²) in [6.07, 6.45) is 6.32. The molecule has 0 saturated heterocycles. The normalized spacial score (nSPS) is 16.7. The van der Waals surface area contributed by atoms with Crippen molar-refractivity contribution >= 4 is 22.9 Å².